The van der Waals surface area contributed by atoms with Crippen LogP contribution in [0.4, 0.5) is 0 Å². The maximum absolute atomic E-state index is 10.6. The van der Waals surface area contributed by atoms with Crippen molar-refractivity contribution in [1.29, 1.82) is 0 Å². The number of halogens is 1. The van der Waals surface area contributed by atoms with Crippen LogP contribution in [0.1, 0.15) is 90.4 Å². The van der Waals surface area contributed by atoms with Gasteiger partial charge in [-0.25, -0.2) is 0 Å². The molecule has 102 valence electrons. The fourth-order valence-corrected chi connectivity index (χ4v) is 2.39. The zero-order chi connectivity index (χ0) is 12.8. The van der Waals surface area contributed by atoms with E-state index in [2.05, 4.69) is 22.9 Å². The Morgan fingerprint density at radius 3 is 1.41 bits per heavy atom. The molecule has 0 aromatic heterocycles. The van der Waals surface area contributed by atoms with Crippen LogP contribution in [0.5, 0.6) is 0 Å². The van der Waals surface area contributed by atoms with E-state index in [1.165, 1.54) is 70.6 Å². The molecule has 0 bridgehead atoms. The van der Waals surface area contributed by atoms with Gasteiger partial charge in [0.1, 0.15) is 0 Å². The van der Waals surface area contributed by atoms with E-state index in [0.717, 1.165) is 6.42 Å². The van der Waals surface area contributed by atoms with Crippen LogP contribution in [0, 0.1) is 0 Å². The molecule has 0 fully saturated rings. The molecule has 0 aliphatic rings. The van der Waals surface area contributed by atoms with Crippen molar-refractivity contribution in [1.82, 2.24) is 0 Å². The number of rotatable bonds is 13. The molecular weight excluding hydrogens is 276 g/mol. The van der Waals surface area contributed by atoms with Crippen molar-refractivity contribution in [2.45, 2.75) is 90.4 Å². The summed E-state index contributed by atoms with van der Waals surface area (Å²) in [6.45, 7) is 2.27. The van der Waals surface area contributed by atoms with Crippen LogP contribution in [0.2, 0.25) is 0 Å². The Morgan fingerprint density at radius 1 is 0.706 bits per heavy atom. The van der Waals surface area contributed by atoms with Crippen LogP contribution in [0.25, 0.3) is 0 Å². The first-order valence-electron chi connectivity index (χ1n) is 7.45. The Labute approximate surface area is 116 Å². The van der Waals surface area contributed by atoms with Gasteiger partial charge in [0.25, 0.3) is 0 Å². The molecule has 0 saturated carbocycles. The topological polar surface area (TPSA) is 17.1 Å². The summed E-state index contributed by atoms with van der Waals surface area (Å²) in [5.74, 6) is 0. The lowest BCUT2D eigenvalue weighted by Crippen LogP contribution is -1.86. The van der Waals surface area contributed by atoms with Gasteiger partial charge >= 0.3 is 0 Å². The third-order valence-electron chi connectivity index (χ3n) is 3.23. The first-order valence-corrected chi connectivity index (χ1v) is 8.25. The summed E-state index contributed by atoms with van der Waals surface area (Å²) >= 11 is 2.96. The highest BCUT2D eigenvalue weighted by molar-refractivity contribution is 9.18. The second kappa shape index (κ2) is 14.2. The van der Waals surface area contributed by atoms with E-state index in [1.807, 2.05) is 0 Å². The van der Waals surface area contributed by atoms with E-state index < -0.39 is 0 Å². The highest BCUT2D eigenvalue weighted by Gasteiger charge is 1.96. The molecule has 0 rings (SSSR count). The minimum absolute atomic E-state index is 0.157. The van der Waals surface area contributed by atoms with E-state index in [4.69, 9.17) is 0 Å². The van der Waals surface area contributed by atoms with Crippen LogP contribution < -0.4 is 0 Å². The van der Waals surface area contributed by atoms with Gasteiger partial charge in [-0.15, -0.1) is 0 Å². The minimum atomic E-state index is 0.157. The molecule has 0 aliphatic heterocycles. The third kappa shape index (κ3) is 16.1. The molecule has 17 heavy (non-hydrogen) atoms. The van der Waals surface area contributed by atoms with E-state index >= 15 is 0 Å². The van der Waals surface area contributed by atoms with Crippen molar-refractivity contribution in [3.05, 3.63) is 0 Å². The molecule has 0 heterocycles. The van der Waals surface area contributed by atoms with E-state index in [9.17, 15) is 4.79 Å². The van der Waals surface area contributed by atoms with Crippen molar-refractivity contribution in [2.75, 3.05) is 0 Å². The maximum atomic E-state index is 10.6. The van der Waals surface area contributed by atoms with E-state index in [0.29, 0.717) is 6.42 Å². The molecule has 2 heteroatoms. The maximum Gasteiger partial charge on any atom is 0.197 e. The van der Waals surface area contributed by atoms with Gasteiger partial charge in [-0.1, -0.05) is 77.6 Å². The van der Waals surface area contributed by atoms with Gasteiger partial charge < -0.3 is 0 Å². The molecule has 0 atom stereocenters. The molecule has 0 saturated heterocycles. The molecule has 0 aliphatic carbocycles. The molecular formula is C15H29BrO. The summed E-state index contributed by atoms with van der Waals surface area (Å²) in [4.78, 5) is 10.6. The molecule has 1 nitrogen and oxygen atoms in total. The quantitative estimate of drug-likeness (QED) is 0.301. The Morgan fingerprint density at radius 2 is 1.06 bits per heavy atom. The fourth-order valence-electron chi connectivity index (χ4n) is 2.10. The Kier molecular flexibility index (Phi) is 14.3. The smallest absolute Gasteiger partial charge is 0.197 e. The van der Waals surface area contributed by atoms with Crippen LogP contribution in [0.15, 0.2) is 0 Å². The number of carbonyl (C=O) groups is 1. The molecule has 0 aromatic carbocycles. The zero-order valence-electron chi connectivity index (χ0n) is 11.5. The second-order valence-corrected chi connectivity index (χ2v) is 5.88. The number of hydrogen-bond donors (Lipinski definition) is 0. The normalized spacial score (nSPS) is 10.7. The lowest BCUT2D eigenvalue weighted by Gasteiger charge is -2.02. The van der Waals surface area contributed by atoms with Crippen molar-refractivity contribution in [3.8, 4) is 0 Å². The first kappa shape index (κ1) is 17.2. The molecule has 0 radical (unpaired) electrons. The number of unbranched alkanes of at least 4 members (excludes halogenated alkanes) is 11. The van der Waals surface area contributed by atoms with E-state index in [-0.39, 0.29) is 4.69 Å². The highest BCUT2D eigenvalue weighted by atomic mass is 79.9. The standard InChI is InChI=1S/C15H29BrO/c1-2-3-4-5-6-7-8-9-10-11-12-13-14-15(16)17/h2-14H2,1H3. The molecule has 0 amide bonds. The largest absolute Gasteiger partial charge is 0.287 e. The van der Waals surface area contributed by atoms with Gasteiger partial charge in [-0.3, -0.25) is 4.79 Å². The summed E-state index contributed by atoms with van der Waals surface area (Å²) in [6.07, 6.45) is 16.9. The summed E-state index contributed by atoms with van der Waals surface area (Å²) in [6, 6.07) is 0. The van der Waals surface area contributed by atoms with Crippen molar-refractivity contribution in [3.63, 3.8) is 0 Å². The molecule has 0 aromatic rings. The zero-order valence-corrected chi connectivity index (χ0v) is 13.1. The van der Waals surface area contributed by atoms with Gasteiger partial charge in [-0.2, -0.15) is 0 Å². The van der Waals surface area contributed by atoms with Crippen LogP contribution >= 0.6 is 15.9 Å². The van der Waals surface area contributed by atoms with Gasteiger partial charge in [0.2, 0.25) is 0 Å². The second-order valence-electron chi connectivity index (χ2n) is 4.99. The molecule has 0 spiro atoms. The summed E-state index contributed by atoms with van der Waals surface area (Å²) in [5.41, 5.74) is 0. The van der Waals surface area contributed by atoms with Crippen molar-refractivity contribution in [2.24, 2.45) is 0 Å². The van der Waals surface area contributed by atoms with Gasteiger partial charge in [0.15, 0.2) is 4.69 Å². The summed E-state index contributed by atoms with van der Waals surface area (Å²) in [7, 11) is 0. The Balaban J connectivity index is 2.91. The first-order chi connectivity index (χ1) is 8.27. The minimum Gasteiger partial charge on any atom is -0.287 e. The highest BCUT2D eigenvalue weighted by Crippen LogP contribution is 2.12. The van der Waals surface area contributed by atoms with Gasteiger partial charge in [0, 0.05) is 6.42 Å². The Hall–Kier alpha value is 0.150. The lowest BCUT2D eigenvalue weighted by molar-refractivity contribution is -0.110. The van der Waals surface area contributed by atoms with Crippen molar-refractivity contribution >= 4 is 20.6 Å². The van der Waals surface area contributed by atoms with Crippen LogP contribution in [-0.4, -0.2) is 4.69 Å². The fraction of sp³-hybridized carbons (Fsp3) is 0.933. The number of carbonyl (C=O) groups excluding carboxylic acids is 1. The van der Waals surface area contributed by atoms with Gasteiger partial charge in [-0.05, 0) is 22.4 Å². The molecule has 0 unspecified atom stereocenters. The summed E-state index contributed by atoms with van der Waals surface area (Å²) in [5, 5.41) is 0. The predicted octanol–water partition coefficient (Wildman–Crippen LogP) is 6.00. The van der Waals surface area contributed by atoms with Crippen LogP contribution in [-0.2, 0) is 4.79 Å². The van der Waals surface area contributed by atoms with E-state index in [1.54, 1.807) is 0 Å². The third-order valence-corrected chi connectivity index (χ3v) is 3.62. The SMILES string of the molecule is CCCCCCCCCCCCCCC(=O)Br. The lowest BCUT2D eigenvalue weighted by atomic mass is 10.0. The monoisotopic (exact) mass is 304 g/mol. The van der Waals surface area contributed by atoms with Gasteiger partial charge in [0.05, 0.1) is 0 Å². The Bertz CT molecular complexity index is 168. The predicted molar refractivity (Wildman–Crippen MR) is 79.6 cm³/mol. The summed E-state index contributed by atoms with van der Waals surface area (Å²) < 4.78 is 0.157. The average molecular weight is 305 g/mol. The average Bonchev–Trinajstić information content (AvgIpc) is 2.30. The molecule has 0 N–H and O–H groups in total. The number of hydrogen-bond acceptors (Lipinski definition) is 1. The van der Waals surface area contributed by atoms with Crippen LogP contribution in [0.3, 0.4) is 0 Å². The van der Waals surface area contributed by atoms with Crippen molar-refractivity contribution < 1.29 is 4.79 Å².